The van der Waals surface area contributed by atoms with Gasteiger partial charge in [0.1, 0.15) is 0 Å². The van der Waals surface area contributed by atoms with E-state index in [0.29, 0.717) is 11.5 Å². The maximum atomic E-state index is 12.9. The standard InChI is InChI=1S/C16H23F3N2/c1-21-10-7-13(8-11-21)6-9-20-12-14-4-2-3-5-15(14)16(17,18)19/h2-5,13,20H,6-12H2,1H3. The molecule has 0 spiro atoms. The summed E-state index contributed by atoms with van der Waals surface area (Å²) in [5.74, 6) is 0.701. The average Bonchev–Trinajstić information content (AvgIpc) is 2.45. The first-order valence-corrected chi connectivity index (χ1v) is 7.51. The molecule has 2 nitrogen and oxygen atoms in total. The van der Waals surface area contributed by atoms with E-state index in [1.54, 1.807) is 12.1 Å². The number of nitrogens with one attached hydrogen (secondary N) is 1. The van der Waals surface area contributed by atoms with Gasteiger partial charge in [-0.1, -0.05) is 18.2 Å². The highest BCUT2D eigenvalue weighted by molar-refractivity contribution is 5.29. The molecule has 1 heterocycles. The number of rotatable bonds is 5. The minimum absolute atomic E-state index is 0.280. The molecule has 0 amide bonds. The van der Waals surface area contributed by atoms with Crippen LogP contribution in [0.4, 0.5) is 13.2 Å². The lowest BCUT2D eigenvalue weighted by Crippen LogP contribution is -2.31. The summed E-state index contributed by atoms with van der Waals surface area (Å²) in [4.78, 5) is 2.32. The average molecular weight is 300 g/mol. The van der Waals surface area contributed by atoms with Crippen LogP contribution >= 0.6 is 0 Å². The van der Waals surface area contributed by atoms with Crippen LogP contribution in [0.1, 0.15) is 30.4 Å². The monoisotopic (exact) mass is 300 g/mol. The molecule has 0 radical (unpaired) electrons. The Morgan fingerprint density at radius 2 is 1.86 bits per heavy atom. The van der Waals surface area contributed by atoms with E-state index in [1.807, 2.05) is 0 Å². The van der Waals surface area contributed by atoms with E-state index in [1.165, 1.54) is 18.9 Å². The molecule has 1 aliphatic heterocycles. The van der Waals surface area contributed by atoms with Crippen molar-refractivity contribution < 1.29 is 13.2 Å². The molecule has 1 aromatic carbocycles. The quantitative estimate of drug-likeness (QED) is 0.837. The lowest BCUT2D eigenvalue weighted by atomic mass is 9.94. The van der Waals surface area contributed by atoms with E-state index in [9.17, 15) is 13.2 Å². The molecule has 5 heteroatoms. The number of halogens is 3. The normalized spacial score (nSPS) is 18.1. The van der Waals surface area contributed by atoms with E-state index in [2.05, 4.69) is 17.3 Å². The summed E-state index contributed by atoms with van der Waals surface area (Å²) in [5.41, 5.74) is -0.204. The maximum absolute atomic E-state index is 12.9. The van der Waals surface area contributed by atoms with Crippen molar-refractivity contribution in [3.05, 3.63) is 35.4 Å². The van der Waals surface area contributed by atoms with Gasteiger partial charge in [0.25, 0.3) is 0 Å². The molecule has 0 bridgehead atoms. The van der Waals surface area contributed by atoms with E-state index in [4.69, 9.17) is 0 Å². The number of hydrogen-bond acceptors (Lipinski definition) is 2. The summed E-state index contributed by atoms with van der Waals surface area (Å²) in [6, 6.07) is 5.79. The SMILES string of the molecule is CN1CCC(CCNCc2ccccc2C(F)(F)F)CC1. The summed E-state index contributed by atoms with van der Waals surface area (Å²) in [7, 11) is 2.13. The summed E-state index contributed by atoms with van der Waals surface area (Å²) in [5, 5.41) is 3.16. The summed E-state index contributed by atoms with van der Waals surface area (Å²) >= 11 is 0. The van der Waals surface area contributed by atoms with E-state index < -0.39 is 11.7 Å². The number of piperidine rings is 1. The van der Waals surface area contributed by atoms with Crippen LogP contribution in [0.5, 0.6) is 0 Å². The topological polar surface area (TPSA) is 15.3 Å². The fourth-order valence-electron chi connectivity index (χ4n) is 2.83. The van der Waals surface area contributed by atoms with Crippen LogP contribution in [0.2, 0.25) is 0 Å². The maximum Gasteiger partial charge on any atom is 0.416 e. The second-order valence-corrected chi connectivity index (χ2v) is 5.87. The van der Waals surface area contributed by atoms with E-state index in [-0.39, 0.29) is 6.54 Å². The van der Waals surface area contributed by atoms with Gasteiger partial charge in [0.05, 0.1) is 5.56 Å². The number of benzene rings is 1. The predicted molar refractivity (Wildman–Crippen MR) is 78.0 cm³/mol. The molecule has 0 aromatic heterocycles. The van der Waals surface area contributed by atoms with Crippen LogP contribution in [0.15, 0.2) is 24.3 Å². The summed E-state index contributed by atoms with van der Waals surface area (Å²) in [6.45, 7) is 3.31. The van der Waals surface area contributed by atoms with Gasteiger partial charge >= 0.3 is 6.18 Å². The second kappa shape index (κ2) is 7.27. The van der Waals surface area contributed by atoms with Gasteiger partial charge in [0.2, 0.25) is 0 Å². The first-order valence-electron chi connectivity index (χ1n) is 7.51. The zero-order valence-corrected chi connectivity index (χ0v) is 12.4. The van der Waals surface area contributed by atoms with Crippen LogP contribution in [-0.4, -0.2) is 31.6 Å². The largest absolute Gasteiger partial charge is 0.416 e. The Bertz CT molecular complexity index is 437. The number of nitrogens with zero attached hydrogens (tertiary/aromatic N) is 1. The molecular formula is C16H23F3N2. The Balaban J connectivity index is 1.76. The number of hydrogen-bond donors (Lipinski definition) is 1. The Morgan fingerprint density at radius 3 is 2.52 bits per heavy atom. The minimum Gasteiger partial charge on any atom is -0.313 e. The molecule has 1 saturated heterocycles. The molecule has 0 aliphatic carbocycles. The zero-order valence-electron chi connectivity index (χ0n) is 12.4. The Labute approximate surface area is 124 Å². The molecule has 0 unspecified atom stereocenters. The van der Waals surface area contributed by atoms with Gasteiger partial charge in [-0.15, -0.1) is 0 Å². The number of likely N-dealkylation sites (tertiary alicyclic amines) is 1. The van der Waals surface area contributed by atoms with Gasteiger partial charge < -0.3 is 10.2 Å². The third-order valence-corrected chi connectivity index (χ3v) is 4.21. The second-order valence-electron chi connectivity index (χ2n) is 5.87. The first-order chi connectivity index (χ1) is 9.97. The van der Waals surface area contributed by atoms with Gasteiger partial charge in [-0.25, -0.2) is 0 Å². The highest BCUT2D eigenvalue weighted by Crippen LogP contribution is 2.31. The van der Waals surface area contributed by atoms with Crippen LogP contribution in [0.3, 0.4) is 0 Å². The lowest BCUT2D eigenvalue weighted by Gasteiger charge is -2.28. The van der Waals surface area contributed by atoms with Gasteiger partial charge in [0, 0.05) is 6.54 Å². The number of alkyl halides is 3. The van der Waals surface area contributed by atoms with Gasteiger partial charge in [-0.05, 0) is 63.5 Å². The van der Waals surface area contributed by atoms with Crippen molar-refractivity contribution in [2.24, 2.45) is 5.92 Å². The molecule has 118 valence electrons. The van der Waals surface area contributed by atoms with Crippen LogP contribution < -0.4 is 5.32 Å². The summed E-state index contributed by atoms with van der Waals surface area (Å²) < 4.78 is 38.6. The highest BCUT2D eigenvalue weighted by Gasteiger charge is 2.32. The van der Waals surface area contributed by atoms with Crippen molar-refractivity contribution in [1.82, 2.24) is 10.2 Å². The lowest BCUT2D eigenvalue weighted by molar-refractivity contribution is -0.138. The van der Waals surface area contributed by atoms with Crippen LogP contribution in [-0.2, 0) is 12.7 Å². The van der Waals surface area contributed by atoms with Crippen molar-refractivity contribution in [3.63, 3.8) is 0 Å². The zero-order chi connectivity index (χ0) is 15.3. The fraction of sp³-hybridized carbons (Fsp3) is 0.625. The third-order valence-electron chi connectivity index (χ3n) is 4.21. The van der Waals surface area contributed by atoms with E-state index in [0.717, 1.165) is 32.1 Å². The van der Waals surface area contributed by atoms with Crippen LogP contribution in [0, 0.1) is 5.92 Å². The van der Waals surface area contributed by atoms with Crippen LogP contribution in [0.25, 0.3) is 0 Å². The Kier molecular flexibility index (Phi) is 5.65. The molecule has 1 aliphatic rings. The molecule has 1 N–H and O–H groups in total. The fourth-order valence-corrected chi connectivity index (χ4v) is 2.83. The smallest absolute Gasteiger partial charge is 0.313 e. The van der Waals surface area contributed by atoms with Crippen molar-refractivity contribution >= 4 is 0 Å². The van der Waals surface area contributed by atoms with Crippen molar-refractivity contribution in [2.75, 3.05) is 26.7 Å². The Hall–Kier alpha value is -1.07. The van der Waals surface area contributed by atoms with Crippen molar-refractivity contribution in [3.8, 4) is 0 Å². The van der Waals surface area contributed by atoms with Gasteiger partial charge in [0.15, 0.2) is 0 Å². The predicted octanol–water partition coefficient (Wildman–Crippen LogP) is 3.53. The molecule has 0 saturated carbocycles. The van der Waals surface area contributed by atoms with Gasteiger partial charge in [-0.3, -0.25) is 0 Å². The Morgan fingerprint density at radius 1 is 1.19 bits per heavy atom. The molecule has 1 fully saturated rings. The molecule has 1 aromatic rings. The summed E-state index contributed by atoms with van der Waals surface area (Å²) in [6.07, 6.45) is -0.844. The first kappa shape index (κ1) is 16.3. The molecule has 21 heavy (non-hydrogen) atoms. The van der Waals surface area contributed by atoms with Gasteiger partial charge in [-0.2, -0.15) is 13.2 Å². The third kappa shape index (κ3) is 5.00. The van der Waals surface area contributed by atoms with Crippen molar-refractivity contribution in [1.29, 1.82) is 0 Å². The molecular weight excluding hydrogens is 277 g/mol. The van der Waals surface area contributed by atoms with Crippen molar-refractivity contribution in [2.45, 2.75) is 32.0 Å². The molecule has 0 atom stereocenters. The minimum atomic E-state index is -4.27. The van der Waals surface area contributed by atoms with E-state index >= 15 is 0 Å². The molecule has 2 rings (SSSR count). The highest BCUT2D eigenvalue weighted by atomic mass is 19.4.